The lowest BCUT2D eigenvalue weighted by Crippen LogP contribution is -2.12. The van der Waals surface area contributed by atoms with Crippen LogP contribution in [0.5, 0.6) is 0 Å². The van der Waals surface area contributed by atoms with Gasteiger partial charge in [-0.1, -0.05) is 17.7 Å². The minimum Gasteiger partial charge on any atom is -0.386 e. The smallest absolute Gasteiger partial charge is 0.115 e. The van der Waals surface area contributed by atoms with E-state index in [1.165, 1.54) is 0 Å². The van der Waals surface area contributed by atoms with Gasteiger partial charge < -0.3 is 5.73 Å². The maximum Gasteiger partial charge on any atom is 0.115 e. The van der Waals surface area contributed by atoms with Crippen LogP contribution in [0.1, 0.15) is 11.1 Å². The number of alkyl halides is 1. The first-order valence-electron chi connectivity index (χ1n) is 4.21. The fourth-order valence-electron chi connectivity index (χ4n) is 1.16. The van der Waals surface area contributed by atoms with Crippen molar-refractivity contribution in [2.75, 3.05) is 5.88 Å². The molecule has 76 valence electrons. The lowest BCUT2D eigenvalue weighted by molar-refractivity contribution is 1.31. The van der Waals surface area contributed by atoms with E-state index in [2.05, 4.69) is 4.99 Å². The highest BCUT2D eigenvalue weighted by Gasteiger charge is 2.05. The molecule has 0 aromatic heterocycles. The summed E-state index contributed by atoms with van der Waals surface area (Å²) in [5.41, 5.74) is 8.36. The third-order valence-electron chi connectivity index (χ3n) is 1.96. The Balaban J connectivity index is 3.26. The first kappa shape index (κ1) is 11.3. The molecule has 0 amide bonds. The lowest BCUT2D eigenvalue weighted by Gasteiger charge is -2.07. The summed E-state index contributed by atoms with van der Waals surface area (Å²) >= 11 is 11.5. The monoisotopic (exact) mass is 230 g/mol. The summed E-state index contributed by atoms with van der Waals surface area (Å²) in [5.74, 6) is 0.630. The van der Waals surface area contributed by atoms with Crippen LogP contribution >= 0.6 is 23.2 Å². The maximum atomic E-state index is 5.97. The first-order chi connectivity index (χ1) is 6.56. The van der Waals surface area contributed by atoms with Crippen molar-refractivity contribution in [1.29, 1.82) is 0 Å². The Kier molecular flexibility index (Phi) is 3.78. The maximum absolute atomic E-state index is 5.97. The van der Waals surface area contributed by atoms with Crippen molar-refractivity contribution in [3.05, 3.63) is 28.3 Å². The van der Waals surface area contributed by atoms with Crippen LogP contribution in [0.25, 0.3) is 0 Å². The van der Waals surface area contributed by atoms with Crippen molar-refractivity contribution in [2.45, 2.75) is 13.8 Å². The zero-order chi connectivity index (χ0) is 10.7. The molecule has 0 atom stereocenters. The molecule has 14 heavy (non-hydrogen) atoms. The van der Waals surface area contributed by atoms with Gasteiger partial charge in [0.1, 0.15) is 5.84 Å². The van der Waals surface area contributed by atoms with Crippen LogP contribution in [0.4, 0.5) is 5.69 Å². The molecule has 0 saturated heterocycles. The number of halogens is 2. The summed E-state index contributed by atoms with van der Waals surface area (Å²) < 4.78 is 0. The number of nitrogens with two attached hydrogens (primary N) is 1. The molecule has 4 heteroatoms. The predicted molar refractivity (Wildman–Crippen MR) is 62.9 cm³/mol. The minimum atomic E-state index is 0.228. The van der Waals surface area contributed by atoms with Crippen molar-refractivity contribution in [1.82, 2.24) is 0 Å². The van der Waals surface area contributed by atoms with Crippen LogP contribution in [-0.4, -0.2) is 11.7 Å². The third kappa shape index (κ3) is 2.40. The van der Waals surface area contributed by atoms with Crippen LogP contribution in [0, 0.1) is 13.8 Å². The zero-order valence-corrected chi connectivity index (χ0v) is 9.65. The average Bonchev–Trinajstić information content (AvgIpc) is 2.18. The first-order valence-corrected chi connectivity index (χ1v) is 5.12. The Bertz CT molecular complexity index is 373. The highest BCUT2D eigenvalue weighted by atomic mass is 35.5. The van der Waals surface area contributed by atoms with Gasteiger partial charge in [-0.05, 0) is 31.0 Å². The molecule has 0 heterocycles. The molecular weight excluding hydrogens is 219 g/mol. The SMILES string of the molecule is Cc1ccc(Cl)c(C)c1N=C(N)CCl. The summed E-state index contributed by atoms with van der Waals surface area (Å²) in [5, 5.41) is 0.691. The standard InChI is InChI=1S/C10H12Cl2N2/c1-6-3-4-8(12)7(2)10(6)14-9(13)5-11/h3-4H,5H2,1-2H3,(H2,13,14). The van der Waals surface area contributed by atoms with Gasteiger partial charge in [-0.2, -0.15) is 0 Å². The third-order valence-corrected chi connectivity index (χ3v) is 2.64. The molecular formula is C10H12Cl2N2. The summed E-state index contributed by atoms with van der Waals surface area (Å²) in [6, 6.07) is 3.76. The second-order valence-electron chi connectivity index (χ2n) is 3.07. The number of hydrogen-bond donors (Lipinski definition) is 1. The van der Waals surface area contributed by atoms with Crippen LogP contribution in [0.2, 0.25) is 5.02 Å². The van der Waals surface area contributed by atoms with Crippen molar-refractivity contribution < 1.29 is 0 Å². The summed E-state index contributed by atoms with van der Waals surface area (Å²) in [7, 11) is 0. The fourth-order valence-corrected chi connectivity index (χ4v) is 1.37. The molecule has 0 aliphatic rings. The highest BCUT2D eigenvalue weighted by Crippen LogP contribution is 2.29. The van der Waals surface area contributed by atoms with Crippen molar-refractivity contribution in [3.63, 3.8) is 0 Å². The Morgan fingerprint density at radius 2 is 2.07 bits per heavy atom. The molecule has 0 radical (unpaired) electrons. The van der Waals surface area contributed by atoms with E-state index < -0.39 is 0 Å². The van der Waals surface area contributed by atoms with E-state index in [1.807, 2.05) is 26.0 Å². The Morgan fingerprint density at radius 1 is 1.43 bits per heavy atom. The van der Waals surface area contributed by atoms with E-state index in [4.69, 9.17) is 28.9 Å². The minimum absolute atomic E-state index is 0.228. The zero-order valence-electron chi connectivity index (χ0n) is 8.14. The molecule has 2 nitrogen and oxygen atoms in total. The summed E-state index contributed by atoms with van der Waals surface area (Å²) in [6.45, 7) is 3.87. The van der Waals surface area contributed by atoms with E-state index in [-0.39, 0.29) is 5.88 Å². The van der Waals surface area contributed by atoms with Crippen LogP contribution in [0.15, 0.2) is 17.1 Å². The quantitative estimate of drug-likeness (QED) is 0.473. The number of aryl methyl sites for hydroxylation is 1. The fraction of sp³-hybridized carbons (Fsp3) is 0.300. The number of rotatable bonds is 2. The van der Waals surface area contributed by atoms with E-state index >= 15 is 0 Å². The summed E-state index contributed by atoms with van der Waals surface area (Å²) in [6.07, 6.45) is 0. The Hall–Kier alpha value is -0.730. The normalized spacial score (nSPS) is 11.9. The number of benzene rings is 1. The van der Waals surface area contributed by atoms with Gasteiger partial charge >= 0.3 is 0 Å². The average molecular weight is 231 g/mol. The van der Waals surface area contributed by atoms with Gasteiger partial charge in [0.25, 0.3) is 0 Å². The Morgan fingerprint density at radius 3 is 2.64 bits per heavy atom. The Labute approximate surface area is 93.7 Å². The second-order valence-corrected chi connectivity index (χ2v) is 3.75. The molecule has 0 unspecified atom stereocenters. The second kappa shape index (κ2) is 4.67. The van der Waals surface area contributed by atoms with Crippen molar-refractivity contribution >= 4 is 34.7 Å². The molecule has 0 aliphatic heterocycles. The number of amidine groups is 1. The van der Waals surface area contributed by atoms with Crippen LogP contribution in [-0.2, 0) is 0 Å². The van der Waals surface area contributed by atoms with E-state index in [0.717, 1.165) is 16.8 Å². The predicted octanol–water partition coefficient (Wildman–Crippen LogP) is 3.18. The van der Waals surface area contributed by atoms with Gasteiger partial charge in [0.05, 0.1) is 11.6 Å². The molecule has 0 fully saturated rings. The number of nitrogens with zero attached hydrogens (tertiary/aromatic N) is 1. The van der Waals surface area contributed by atoms with Gasteiger partial charge in [0.2, 0.25) is 0 Å². The molecule has 0 saturated carbocycles. The highest BCUT2D eigenvalue weighted by molar-refractivity contribution is 6.32. The van der Waals surface area contributed by atoms with Gasteiger partial charge in [-0.3, -0.25) is 0 Å². The largest absolute Gasteiger partial charge is 0.386 e. The number of hydrogen-bond acceptors (Lipinski definition) is 1. The molecule has 0 spiro atoms. The van der Waals surface area contributed by atoms with Gasteiger partial charge in [0, 0.05) is 5.02 Å². The lowest BCUT2D eigenvalue weighted by atomic mass is 10.1. The van der Waals surface area contributed by atoms with E-state index in [1.54, 1.807) is 0 Å². The van der Waals surface area contributed by atoms with Crippen molar-refractivity contribution in [2.24, 2.45) is 10.7 Å². The van der Waals surface area contributed by atoms with Gasteiger partial charge in [-0.15, -0.1) is 11.6 Å². The van der Waals surface area contributed by atoms with Gasteiger partial charge in [0.15, 0.2) is 0 Å². The van der Waals surface area contributed by atoms with Crippen molar-refractivity contribution in [3.8, 4) is 0 Å². The molecule has 1 rings (SSSR count). The molecule has 2 N–H and O–H groups in total. The molecule has 0 aliphatic carbocycles. The van der Waals surface area contributed by atoms with Crippen LogP contribution in [0.3, 0.4) is 0 Å². The van der Waals surface area contributed by atoms with E-state index in [0.29, 0.717) is 10.9 Å². The molecule has 1 aromatic carbocycles. The summed E-state index contributed by atoms with van der Waals surface area (Å²) in [4.78, 5) is 4.22. The number of aliphatic imine (C=N–C) groups is 1. The van der Waals surface area contributed by atoms with E-state index in [9.17, 15) is 0 Å². The topological polar surface area (TPSA) is 38.4 Å². The van der Waals surface area contributed by atoms with Gasteiger partial charge in [-0.25, -0.2) is 4.99 Å². The van der Waals surface area contributed by atoms with Crippen LogP contribution < -0.4 is 5.73 Å². The molecule has 0 bridgehead atoms. The molecule has 1 aromatic rings.